The predicted molar refractivity (Wildman–Crippen MR) is 123 cm³/mol. The zero-order valence-corrected chi connectivity index (χ0v) is 18.1. The lowest BCUT2D eigenvalue weighted by atomic mass is 10.0. The second-order valence-corrected chi connectivity index (χ2v) is 7.70. The van der Waals surface area contributed by atoms with Crippen LogP contribution in [0.1, 0.15) is 27.0 Å². The molecule has 3 aromatic rings. The van der Waals surface area contributed by atoms with Crippen molar-refractivity contribution in [3.05, 3.63) is 94.0 Å². The molecular weight excluding hydrogens is 430 g/mol. The number of aliphatic imine (C=N–C) groups is 1. The third-order valence-corrected chi connectivity index (χ3v) is 4.91. The van der Waals surface area contributed by atoms with E-state index in [1.54, 1.807) is 36.4 Å². The Balaban J connectivity index is 1.77. The summed E-state index contributed by atoms with van der Waals surface area (Å²) in [5.41, 5.74) is 2.76. The van der Waals surface area contributed by atoms with Gasteiger partial charge in [-0.25, -0.2) is 4.79 Å². The molecular formula is C25H22ClNO5. The normalized spacial score (nSPS) is 12.0. The Morgan fingerprint density at radius 1 is 1.06 bits per heavy atom. The number of carbonyl (C=O) groups is 2. The average Bonchev–Trinajstić information content (AvgIpc) is 2.77. The van der Waals surface area contributed by atoms with E-state index >= 15 is 0 Å². The molecule has 0 radical (unpaired) electrons. The molecule has 0 saturated heterocycles. The van der Waals surface area contributed by atoms with Gasteiger partial charge >= 0.3 is 5.97 Å². The van der Waals surface area contributed by atoms with Crippen molar-refractivity contribution in [2.45, 2.75) is 19.4 Å². The molecule has 0 aliphatic rings. The van der Waals surface area contributed by atoms with Crippen LogP contribution in [-0.2, 0) is 11.2 Å². The van der Waals surface area contributed by atoms with Gasteiger partial charge in [0.1, 0.15) is 24.1 Å². The Morgan fingerprint density at radius 2 is 1.75 bits per heavy atom. The minimum absolute atomic E-state index is 0.119. The van der Waals surface area contributed by atoms with Gasteiger partial charge in [-0.2, -0.15) is 0 Å². The van der Waals surface area contributed by atoms with Gasteiger partial charge in [0.2, 0.25) is 0 Å². The number of Topliss-reactive ketones (excluding diaryl/α,β-unsaturated/α-hetero) is 1. The van der Waals surface area contributed by atoms with Crippen LogP contribution < -0.4 is 4.74 Å². The number of ether oxygens (including phenoxy) is 1. The number of nitrogens with zero attached hydrogens (tertiary/aromatic N) is 1. The third-order valence-electron chi connectivity index (χ3n) is 4.69. The number of phenols is 1. The Hall–Kier alpha value is -3.48. The number of aryl methyl sites for hydroxylation is 1. The first-order chi connectivity index (χ1) is 15.3. The van der Waals surface area contributed by atoms with Crippen molar-refractivity contribution in [3.8, 4) is 11.5 Å². The Labute approximate surface area is 190 Å². The molecule has 3 aromatic carbocycles. The summed E-state index contributed by atoms with van der Waals surface area (Å²) in [6, 6.07) is 17.3. The van der Waals surface area contributed by atoms with Gasteiger partial charge in [0, 0.05) is 17.7 Å². The lowest BCUT2D eigenvalue weighted by Crippen LogP contribution is -2.24. The summed E-state index contributed by atoms with van der Waals surface area (Å²) in [6.45, 7) is 1.28. The minimum Gasteiger partial charge on any atom is -0.508 e. The minimum atomic E-state index is -0.818. The van der Waals surface area contributed by atoms with Crippen LogP contribution in [-0.4, -0.2) is 40.8 Å². The number of carbonyl (C=O) groups excluding carboxylic acids is 2. The molecule has 0 aromatic heterocycles. The highest BCUT2D eigenvalue weighted by Gasteiger charge is 2.17. The molecule has 0 bridgehead atoms. The molecule has 0 spiro atoms. The van der Waals surface area contributed by atoms with Crippen LogP contribution in [0.5, 0.6) is 11.5 Å². The van der Waals surface area contributed by atoms with E-state index in [0.717, 1.165) is 11.1 Å². The number of benzene rings is 3. The van der Waals surface area contributed by atoms with Crippen LogP contribution in [0.3, 0.4) is 0 Å². The van der Waals surface area contributed by atoms with Crippen molar-refractivity contribution >= 4 is 29.6 Å². The van der Waals surface area contributed by atoms with Crippen molar-refractivity contribution in [3.63, 3.8) is 0 Å². The van der Waals surface area contributed by atoms with E-state index in [1.807, 2.05) is 19.1 Å². The fourth-order valence-electron chi connectivity index (χ4n) is 2.96. The standard InChI is InChI=1S/C25H22ClNO5/c1-16-2-6-19(7-3-16)25(31)32-22-11-18(10-20(26)13-22)14-27-23(24(30)15-28)12-17-4-8-21(29)9-5-17/h2-11,13-14,23,28-29H,12,15H2,1H3/b27-14-. The maximum atomic E-state index is 12.4. The molecule has 0 saturated carbocycles. The first kappa shape index (κ1) is 23.2. The summed E-state index contributed by atoms with van der Waals surface area (Å²) in [6.07, 6.45) is 1.71. The fraction of sp³-hybridized carbons (Fsp3) is 0.160. The SMILES string of the molecule is Cc1ccc(C(=O)Oc2cc(Cl)cc(/C=N\C(Cc3ccc(O)cc3)C(=O)CO)c2)cc1. The van der Waals surface area contributed by atoms with Crippen LogP contribution in [0.15, 0.2) is 71.7 Å². The van der Waals surface area contributed by atoms with E-state index in [-0.39, 0.29) is 17.9 Å². The summed E-state index contributed by atoms with van der Waals surface area (Å²) in [5, 5.41) is 19.0. The number of hydrogen-bond acceptors (Lipinski definition) is 6. The Kier molecular flexibility index (Phi) is 7.76. The van der Waals surface area contributed by atoms with Crippen molar-refractivity contribution < 1.29 is 24.5 Å². The zero-order valence-electron chi connectivity index (χ0n) is 17.4. The summed E-state index contributed by atoms with van der Waals surface area (Å²) >= 11 is 6.17. The molecule has 0 aliphatic carbocycles. The molecule has 6 nitrogen and oxygen atoms in total. The zero-order chi connectivity index (χ0) is 23.1. The number of halogens is 1. The van der Waals surface area contributed by atoms with E-state index in [1.165, 1.54) is 24.4 Å². The maximum absolute atomic E-state index is 12.4. The van der Waals surface area contributed by atoms with Gasteiger partial charge in [-0.05, 0) is 60.5 Å². The molecule has 0 aliphatic heterocycles. The topological polar surface area (TPSA) is 96.2 Å². The van der Waals surface area contributed by atoms with E-state index in [2.05, 4.69) is 4.99 Å². The quantitative estimate of drug-likeness (QED) is 0.304. The Bertz CT molecular complexity index is 1120. The summed E-state index contributed by atoms with van der Waals surface area (Å²) in [4.78, 5) is 28.9. The highest BCUT2D eigenvalue weighted by Crippen LogP contribution is 2.22. The number of rotatable bonds is 8. The van der Waals surface area contributed by atoms with Crippen LogP contribution in [0.25, 0.3) is 0 Å². The molecule has 32 heavy (non-hydrogen) atoms. The number of hydrogen-bond donors (Lipinski definition) is 2. The first-order valence-electron chi connectivity index (χ1n) is 9.88. The van der Waals surface area contributed by atoms with Crippen molar-refractivity contribution in [2.24, 2.45) is 4.99 Å². The van der Waals surface area contributed by atoms with Crippen molar-refractivity contribution in [2.75, 3.05) is 6.61 Å². The molecule has 3 rings (SSSR count). The van der Waals surface area contributed by atoms with Gasteiger partial charge in [-0.3, -0.25) is 9.79 Å². The van der Waals surface area contributed by atoms with Crippen molar-refractivity contribution in [1.82, 2.24) is 0 Å². The molecule has 0 heterocycles. The lowest BCUT2D eigenvalue weighted by molar-refractivity contribution is -0.122. The molecule has 1 unspecified atom stereocenters. The molecule has 0 fully saturated rings. The molecule has 2 N–H and O–H groups in total. The maximum Gasteiger partial charge on any atom is 0.343 e. The molecule has 7 heteroatoms. The average molecular weight is 452 g/mol. The third kappa shape index (κ3) is 6.51. The molecule has 0 amide bonds. The van der Waals surface area contributed by atoms with Gasteiger partial charge < -0.3 is 14.9 Å². The van der Waals surface area contributed by atoms with Crippen LogP contribution in [0.2, 0.25) is 5.02 Å². The predicted octanol–water partition coefficient (Wildman–Crippen LogP) is 4.16. The number of aromatic hydroxyl groups is 1. The number of ketones is 1. The van der Waals surface area contributed by atoms with E-state index in [9.17, 15) is 19.8 Å². The second-order valence-electron chi connectivity index (χ2n) is 7.26. The highest BCUT2D eigenvalue weighted by molar-refractivity contribution is 6.31. The van der Waals surface area contributed by atoms with E-state index < -0.39 is 24.4 Å². The summed E-state index contributed by atoms with van der Waals surface area (Å²) in [7, 11) is 0. The van der Waals surface area contributed by atoms with Gasteiger partial charge in [0.05, 0.1) is 5.56 Å². The molecule has 164 valence electrons. The number of aliphatic hydroxyl groups is 1. The van der Waals surface area contributed by atoms with Crippen molar-refractivity contribution in [1.29, 1.82) is 0 Å². The number of phenolic OH excluding ortho intramolecular Hbond substituents is 1. The highest BCUT2D eigenvalue weighted by atomic mass is 35.5. The second kappa shape index (κ2) is 10.7. The largest absolute Gasteiger partial charge is 0.508 e. The number of esters is 1. The smallest absolute Gasteiger partial charge is 0.343 e. The van der Waals surface area contributed by atoms with Gasteiger partial charge in [-0.1, -0.05) is 41.4 Å². The summed E-state index contributed by atoms with van der Waals surface area (Å²) in [5.74, 6) is -0.597. The fourth-order valence-corrected chi connectivity index (χ4v) is 3.19. The summed E-state index contributed by atoms with van der Waals surface area (Å²) < 4.78 is 5.43. The number of aliphatic hydroxyl groups excluding tert-OH is 1. The monoisotopic (exact) mass is 451 g/mol. The van der Waals surface area contributed by atoms with Crippen LogP contribution in [0.4, 0.5) is 0 Å². The van der Waals surface area contributed by atoms with E-state index in [4.69, 9.17) is 16.3 Å². The lowest BCUT2D eigenvalue weighted by Gasteiger charge is -2.11. The van der Waals surface area contributed by atoms with Crippen LogP contribution >= 0.6 is 11.6 Å². The van der Waals surface area contributed by atoms with E-state index in [0.29, 0.717) is 16.1 Å². The van der Waals surface area contributed by atoms with Crippen LogP contribution in [0, 0.1) is 6.92 Å². The Morgan fingerprint density at radius 3 is 2.41 bits per heavy atom. The molecule has 1 atom stereocenters. The first-order valence-corrected chi connectivity index (χ1v) is 10.3. The van der Waals surface area contributed by atoms with Gasteiger partial charge in [0.25, 0.3) is 0 Å². The van der Waals surface area contributed by atoms with Gasteiger partial charge in [0.15, 0.2) is 5.78 Å². The van der Waals surface area contributed by atoms with Gasteiger partial charge in [-0.15, -0.1) is 0 Å².